The molecule has 0 radical (unpaired) electrons. The standard InChI is InChI=1S/C14H15N5OS/c1-8(12-17-16-7-18(12)2)19-6-15-13-11(14(19)20)9-4-3-5-10(9)21-13/h6-8H,3-5H2,1-2H3. The van der Waals surface area contributed by atoms with Gasteiger partial charge < -0.3 is 4.57 Å². The van der Waals surface area contributed by atoms with Crippen LogP contribution in [0.3, 0.4) is 0 Å². The molecule has 0 bridgehead atoms. The van der Waals surface area contributed by atoms with Crippen molar-refractivity contribution >= 4 is 21.6 Å². The molecule has 21 heavy (non-hydrogen) atoms. The van der Waals surface area contributed by atoms with Gasteiger partial charge in [0.15, 0.2) is 5.82 Å². The van der Waals surface area contributed by atoms with Gasteiger partial charge in [0.25, 0.3) is 5.56 Å². The third-order valence-electron chi connectivity index (χ3n) is 4.19. The zero-order chi connectivity index (χ0) is 14.6. The summed E-state index contributed by atoms with van der Waals surface area (Å²) in [7, 11) is 1.88. The fraction of sp³-hybridized carbons (Fsp3) is 0.429. The molecule has 1 atom stereocenters. The maximum atomic E-state index is 12.9. The van der Waals surface area contributed by atoms with Crippen molar-refractivity contribution < 1.29 is 0 Å². The van der Waals surface area contributed by atoms with Gasteiger partial charge in [0.2, 0.25) is 0 Å². The van der Waals surface area contributed by atoms with Crippen LogP contribution in [0, 0.1) is 0 Å². The van der Waals surface area contributed by atoms with Gasteiger partial charge in [-0.15, -0.1) is 21.5 Å². The molecule has 1 aliphatic rings. The van der Waals surface area contributed by atoms with Gasteiger partial charge in [0, 0.05) is 11.9 Å². The molecule has 0 saturated carbocycles. The van der Waals surface area contributed by atoms with Crippen LogP contribution in [0.25, 0.3) is 10.2 Å². The molecule has 0 spiro atoms. The lowest BCUT2D eigenvalue weighted by atomic mass is 10.2. The minimum Gasteiger partial charge on any atom is -0.319 e. The van der Waals surface area contributed by atoms with Crippen LogP contribution in [0.5, 0.6) is 0 Å². The van der Waals surface area contributed by atoms with E-state index in [1.165, 1.54) is 10.4 Å². The Hall–Kier alpha value is -2.02. The van der Waals surface area contributed by atoms with Crippen LogP contribution in [0.15, 0.2) is 17.4 Å². The van der Waals surface area contributed by atoms with Gasteiger partial charge in [0.1, 0.15) is 11.2 Å². The number of hydrogen-bond donors (Lipinski definition) is 0. The van der Waals surface area contributed by atoms with Crippen molar-refractivity contribution in [2.45, 2.75) is 32.2 Å². The zero-order valence-corrected chi connectivity index (χ0v) is 12.7. The monoisotopic (exact) mass is 301 g/mol. The summed E-state index contributed by atoms with van der Waals surface area (Å²) in [5.74, 6) is 0.755. The van der Waals surface area contributed by atoms with Crippen LogP contribution in [-0.4, -0.2) is 24.3 Å². The van der Waals surface area contributed by atoms with Gasteiger partial charge >= 0.3 is 0 Å². The molecule has 108 valence electrons. The van der Waals surface area contributed by atoms with Crippen molar-refractivity contribution in [2.75, 3.05) is 0 Å². The molecule has 3 aromatic rings. The molecule has 1 unspecified atom stereocenters. The fourth-order valence-electron chi connectivity index (χ4n) is 3.07. The summed E-state index contributed by atoms with van der Waals surface area (Å²) in [5.41, 5.74) is 1.25. The first-order chi connectivity index (χ1) is 10.2. The topological polar surface area (TPSA) is 65.6 Å². The van der Waals surface area contributed by atoms with Crippen LogP contribution in [0.2, 0.25) is 0 Å². The molecule has 0 N–H and O–H groups in total. The Morgan fingerprint density at radius 1 is 1.33 bits per heavy atom. The summed E-state index contributed by atoms with van der Waals surface area (Å²) >= 11 is 1.66. The lowest BCUT2D eigenvalue weighted by Gasteiger charge is -2.13. The number of aromatic nitrogens is 5. The predicted octanol–water partition coefficient (Wildman–Crippen LogP) is 1.68. The summed E-state index contributed by atoms with van der Waals surface area (Å²) in [4.78, 5) is 19.6. The Labute approximate surface area is 125 Å². The molecule has 0 fully saturated rings. The number of hydrogen-bond acceptors (Lipinski definition) is 5. The van der Waals surface area contributed by atoms with Crippen molar-refractivity contribution in [2.24, 2.45) is 7.05 Å². The van der Waals surface area contributed by atoms with E-state index >= 15 is 0 Å². The Bertz CT molecular complexity index is 891. The lowest BCUT2D eigenvalue weighted by Crippen LogP contribution is -2.26. The first kappa shape index (κ1) is 12.7. The molecule has 7 heteroatoms. The third kappa shape index (κ3) is 1.77. The van der Waals surface area contributed by atoms with Crippen molar-refractivity contribution in [3.05, 3.63) is 39.3 Å². The second-order valence-electron chi connectivity index (χ2n) is 5.47. The summed E-state index contributed by atoms with van der Waals surface area (Å²) in [6, 6.07) is -0.182. The summed E-state index contributed by atoms with van der Waals surface area (Å²) in [5, 5.41) is 8.80. The molecular formula is C14H15N5OS. The number of nitrogens with zero attached hydrogens (tertiary/aromatic N) is 5. The average Bonchev–Trinajstić information content (AvgIpc) is 3.13. The molecule has 0 saturated heterocycles. The van der Waals surface area contributed by atoms with Gasteiger partial charge in [-0.2, -0.15) is 0 Å². The Morgan fingerprint density at radius 2 is 2.19 bits per heavy atom. The van der Waals surface area contributed by atoms with Gasteiger partial charge in [-0.25, -0.2) is 4.98 Å². The predicted molar refractivity (Wildman–Crippen MR) is 80.7 cm³/mol. The highest BCUT2D eigenvalue weighted by Crippen LogP contribution is 2.34. The van der Waals surface area contributed by atoms with Gasteiger partial charge in [0.05, 0.1) is 17.8 Å². The number of thiophene rings is 1. The van der Waals surface area contributed by atoms with E-state index in [2.05, 4.69) is 15.2 Å². The van der Waals surface area contributed by atoms with Crippen molar-refractivity contribution in [1.82, 2.24) is 24.3 Å². The van der Waals surface area contributed by atoms with Crippen LogP contribution >= 0.6 is 11.3 Å². The largest absolute Gasteiger partial charge is 0.319 e. The second-order valence-corrected chi connectivity index (χ2v) is 6.55. The highest BCUT2D eigenvalue weighted by molar-refractivity contribution is 7.18. The van der Waals surface area contributed by atoms with Crippen molar-refractivity contribution in [3.63, 3.8) is 0 Å². The van der Waals surface area contributed by atoms with Crippen LogP contribution < -0.4 is 5.56 Å². The fourth-order valence-corrected chi connectivity index (χ4v) is 4.29. The van der Waals surface area contributed by atoms with E-state index in [1.54, 1.807) is 28.6 Å². The van der Waals surface area contributed by atoms with Gasteiger partial charge in [-0.3, -0.25) is 9.36 Å². The van der Waals surface area contributed by atoms with Crippen LogP contribution in [0.4, 0.5) is 0 Å². The molecule has 0 aromatic carbocycles. The first-order valence-corrected chi connectivity index (χ1v) is 7.83. The van der Waals surface area contributed by atoms with E-state index in [0.717, 1.165) is 35.3 Å². The molecule has 3 aromatic heterocycles. The molecule has 1 aliphatic carbocycles. The SMILES string of the molecule is CC(c1nncn1C)n1cnc2sc3c(c2c1=O)CCC3. The average molecular weight is 301 g/mol. The van der Waals surface area contributed by atoms with Crippen LogP contribution in [0.1, 0.15) is 35.7 Å². The highest BCUT2D eigenvalue weighted by atomic mass is 32.1. The van der Waals surface area contributed by atoms with Crippen molar-refractivity contribution in [1.29, 1.82) is 0 Å². The van der Waals surface area contributed by atoms with E-state index < -0.39 is 0 Å². The number of aryl methyl sites for hydroxylation is 3. The maximum Gasteiger partial charge on any atom is 0.263 e. The minimum absolute atomic E-state index is 0.0369. The zero-order valence-electron chi connectivity index (χ0n) is 11.9. The summed E-state index contributed by atoms with van der Waals surface area (Å²) in [6.45, 7) is 1.95. The molecular weight excluding hydrogens is 286 g/mol. The van der Waals surface area contributed by atoms with Gasteiger partial charge in [-0.05, 0) is 31.7 Å². The minimum atomic E-state index is -0.182. The normalized spacial score (nSPS) is 15.5. The van der Waals surface area contributed by atoms with E-state index in [0.29, 0.717) is 0 Å². The Kier molecular flexibility index (Phi) is 2.72. The molecule has 6 nitrogen and oxygen atoms in total. The third-order valence-corrected chi connectivity index (χ3v) is 5.39. The molecule has 0 aliphatic heterocycles. The number of rotatable bonds is 2. The summed E-state index contributed by atoms with van der Waals surface area (Å²) in [6.07, 6.45) is 6.49. The van der Waals surface area contributed by atoms with Gasteiger partial charge in [-0.1, -0.05) is 0 Å². The quantitative estimate of drug-likeness (QED) is 0.722. The number of fused-ring (bicyclic) bond motifs is 3. The maximum absolute atomic E-state index is 12.9. The second kappa shape index (κ2) is 4.49. The smallest absolute Gasteiger partial charge is 0.263 e. The van der Waals surface area contributed by atoms with Crippen LogP contribution in [-0.2, 0) is 19.9 Å². The molecule has 4 rings (SSSR count). The van der Waals surface area contributed by atoms with E-state index in [-0.39, 0.29) is 11.6 Å². The summed E-state index contributed by atoms with van der Waals surface area (Å²) < 4.78 is 3.50. The lowest BCUT2D eigenvalue weighted by molar-refractivity contribution is 0.553. The molecule has 0 amide bonds. The highest BCUT2D eigenvalue weighted by Gasteiger charge is 2.23. The Balaban J connectivity index is 1.92. The Morgan fingerprint density at radius 3 is 2.95 bits per heavy atom. The van der Waals surface area contributed by atoms with Crippen molar-refractivity contribution in [3.8, 4) is 0 Å². The van der Waals surface area contributed by atoms with E-state index in [1.807, 2.05) is 18.5 Å². The first-order valence-electron chi connectivity index (χ1n) is 7.02. The molecule has 3 heterocycles. The van der Waals surface area contributed by atoms with E-state index in [9.17, 15) is 4.79 Å². The van der Waals surface area contributed by atoms with E-state index in [4.69, 9.17) is 0 Å².